The zero-order valence-electron chi connectivity index (χ0n) is 13.0. The average Bonchev–Trinajstić information content (AvgIpc) is 2.57. The molecule has 0 radical (unpaired) electrons. The fraction of sp³-hybridized carbons (Fsp3) is 0.867. The number of likely N-dealkylation sites (tertiary alicyclic amines) is 1. The molecular weight excluding hydrogens is 240 g/mol. The molecule has 4 nitrogen and oxygen atoms in total. The standard InChI is InChI=1S/C15H28N2O2/c1-6-9-15(4,5)16-12-10-13(18)17(14(12)19)11(7-2)8-3/h11-12,16H,6-10H2,1-5H3. The van der Waals surface area contributed by atoms with E-state index in [-0.39, 0.29) is 29.4 Å². The Bertz CT molecular complexity index is 335. The van der Waals surface area contributed by atoms with E-state index < -0.39 is 0 Å². The Labute approximate surface area is 116 Å². The molecule has 0 aliphatic carbocycles. The molecule has 1 rings (SSSR count). The van der Waals surface area contributed by atoms with Gasteiger partial charge in [0.2, 0.25) is 11.8 Å². The summed E-state index contributed by atoms with van der Waals surface area (Å²) >= 11 is 0. The fourth-order valence-corrected chi connectivity index (χ4v) is 2.97. The number of rotatable bonds is 7. The Hall–Kier alpha value is -0.900. The normalized spacial score (nSPS) is 20.7. The van der Waals surface area contributed by atoms with Crippen molar-refractivity contribution in [3.63, 3.8) is 0 Å². The Morgan fingerprint density at radius 1 is 1.26 bits per heavy atom. The van der Waals surface area contributed by atoms with Crippen molar-refractivity contribution >= 4 is 11.8 Å². The van der Waals surface area contributed by atoms with Crippen molar-refractivity contribution in [3.8, 4) is 0 Å². The van der Waals surface area contributed by atoms with Crippen LogP contribution in [0.4, 0.5) is 0 Å². The molecular formula is C15H28N2O2. The van der Waals surface area contributed by atoms with Crippen molar-refractivity contribution in [2.24, 2.45) is 0 Å². The summed E-state index contributed by atoms with van der Waals surface area (Å²) in [5, 5.41) is 3.36. The minimum Gasteiger partial charge on any atom is -0.300 e. The third kappa shape index (κ3) is 3.78. The van der Waals surface area contributed by atoms with Crippen LogP contribution in [-0.4, -0.2) is 34.3 Å². The first-order valence-electron chi connectivity index (χ1n) is 7.49. The predicted molar refractivity (Wildman–Crippen MR) is 76.8 cm³/mol. The largest absolute Gasteiger partial charge is 0.300 e. The molecule has 1 unspecified atom stereocenters. The average molecular weight is 268 g/mol. The van der Waals surface area contributed by atoms with Gasteiger partial charge >= 0.3 is 0 Å². The predicted octanol–water partition coefficient (Wildman–Crippen LogP) is 2.47. The highest BCUT2D eigenvalue weighted by molar-refractivity contribution is 6.05. The third-order valence-corrected chi connectivity index (χ3v) is 3.93. The molecule has 0 aromatic heterocycles. The lowest BCUT2D eigenvalue weighted by atomic mass is 9.97. The van der Waals surface area contributed by atoms with Gasteiger partial charge in [0.25, 0.3) is 0 Å². The number of hydrogen-bond donors (Lipinski definition) is 1. The first-order valence-corrected chi connectivity index (χ1v) is 7.49. The van der Waals surface area contributed by atoms with Gasteiger partial charge < -0.3 is 5.32 Å². The minimum atomic E-state index is -0.338. The van der Waals surface area contributed by atoms with E-state index in [1.807, 2.05) is 13.8 Å². The van der Waals surface area contributed by atoms with Crippen LogP contribution in [0.5, 0.6) is 0 Å². The summed E-state index contributed by atoms with van der Waals surface area (Å²) in [6, 6.07) is -0.282. The summed E-state index contributed by atoms with van der Waals surface area (Å²) in [6.07, 6.45) is 4.03. The van der Waals surface area contributed by atoms with Crippen LogP contribution in [0.1, 0.15) is 66.7 Å². The highest BCUT2D eigenvalue weighted by Gasteiger charge is 2.42. The number of amides is 2. The molecule has 1 N–H and O–H groups in total. The first kappa shape index (κ1) is 16.2. The molecule has 1 aliphatic rings. The first-order chi connectivity index (χ1) is 8.86. The number of nitrogens with one attached hydrogen (secondary N) is 1. The topological polar surface area (TPSA) is 49.4 Å². The van der Waals surface area contributed by atoms with Crippen LogP contribution < -0.4 is 5.32 Å². The van der Waals surface area contributed by atoms with Gasteiger partial charge in [-0.1, -0.05) is 27.2 Å². The van der Waals surface area contributed by atoms with Gasteiger partial charge in [0.1, 0.15) is 0 Å². The molecule has 1 aliphatic heterocycles. The third-order valence-electron chi connectivity index (χ3n) is 3.93. The second-order valence-electron chi connectivity index (χ2n) is 6.11. The molecule has 1 atom stereocenters. The molecule has 0 saturated carbocycles. The minimum absolute atomic E-state index is 0.0245. The number of nitrogens with zero attached hydrogens (tertiary/aromatic N) is 1. The molecule has 110 valence electrons. The van der Waals surface area contributed by atoms with Crippen molar-refractivity contribution in [1.29, 1.82) is 0 Å². The van der Waals surface area contributed by atoms with Gasteiger partial charge in [0.15, 0.2) is 0 Å². The summed E-state index contributed by atoms with van der Waals surface area (Å²) < 4.78 is 0. The molecule has 0 aromatic rings. The van der Waals surface area contributed by atoms with E-state index in [1.165, 1.54) is 4.90 Å². The van der Waals surface area contributed by atoms with Gasteiger partial charge in [-0.25, -0.2) is 0 Å². The van der Waals surface area contributed by atoms with E-state index in [4.69, 9.17) is 0 Å². The molecule has 19 heavy (non-hydrogen) atoms. The second kappa shape index (κ2) is 6.51. The van der Waals surface area contributed by atoms with Crippen LogP contribution in [0.2, 0.25) is 0 Å². The molecule has 4 heteroatoms. The van der Waals surface area contributed by atoms with Gasteiger partial charge in [0, 0.05) is 11.6 Å². The van der Waals surface area contributed by atoms with Gasteiger partial charge in [-0.15, -0.1) is 0 Å². The maximum Gasteiger partial charge on any atom is 0.247 e. The van der Waals surface area contributed by atoms with Crippen LogP contribution in [0, 0.1) is 0 Å². The van der Waals surface area contributed by atoms with Gasteiger partial charge in [0.05, 0.1) is 12.5 Å². The molecule has 0 bridgehead atoms. The van der Waals surface area contributed by atoms with Crippen molar-refractivity contribution in [2.75, 3.05) is 0 Å². The molecule has 1 fully saturated rings. The van der Waals surface area contributed by atoms with Gasteiger partial charge in [-0.2, -0.15) is 0 Å². The van der Waals surface area contributed by atoms with Crippen LogP contribution in [0.25, 0.3) is 0 Å². The molecule has 0 aromatic carbocycles. The fourth-order valence-electron chi connectivity index (χ4n) is 2.97. The zero-order valence-corrected chi connectivity index (χ0v) is 13.0. The lowest BCUT2D eigenvalue weighted by molar-refractivity contribution is -0.141. The van der Waals surface area contributed by atoms with Crippen LogP contribution >= 0.6 is 0 Å². The van der Waals surface area contributed by atoms with E-state index in [2.05, 4.69) is 26.1 Å². The maximum atomic E-state index is 12.4. The van der Waals surface area contributed by atoms with Crippen LogP contribution in [-0.2, 0) is 9.59 Å². The van der Waals surface area contributed by atoms with Gasteiger partial charge in [-0.05, 0) is 33.1 Å². The summed E-state index contributed by atoms with van der Waals surface area (Å²) in [7, 11) is 0. The molecule has 1 heterocycles. The SMILES string of the molecule is CCCC(C)(C)NC1CC(=O)N(C(CC)CC)C1=O. The van der Waals surface area contributed by atoms with E-state index in [0.717, 1.165) is 25.7 Å². The lowest BCUT2D eigenvalue weighted by Crippen LogP contribution is -2.50. The van der Waals surface area contributed by atoms with Crippen LogP contribution in [0.15, 0.2) is 0 Å². The monoisotopic (exact) mass is 268 g/mol. The van der Waals surface area contributed by atoms with E-state index >= 15 is 0 Å². The van der Waals surface area contributed by atoms with Crippen molar-refractivity contribution in [3.05, 3.63) is 0 Å². The highest BCUT2D eigenvalue weighted by atomic mass is 16.2. The Balaban J connectivity index is 2.75. The number of hydrogen-bond acceptors (Lipinski definition) is 3. The number of imide groups is 1. The summed E-state index contributed by atoms with van der Waals surface area (Å²) in [5.41, 5.74) is -0.0979. The van der Waals surface area contributed by atoms with E-state index in [9.17, 15) is 9.59 Å². The summed E-state index contributed by atoms with van der Waals surface area (Å²) in [6.45, 7) is 10.4. The zero-order chi connectivity index (χ0) is 14.6. The summed E-state index contributed by atoms with van der Waals surface area (Å²) in [4.78, 5) is 25.9. The highest BCUT2D eigenvalue weighted by Crippen LogP contribution is 2.23. The summed E-state index contributed by atoms with van der Waals surface area (Å²) in [5.74, 6) is -0.0635. The molecule has 0 spiro atoms. The smallest absolute Gasteiger partial charge is 0.247 e. The lowest BCUT2D eigenvalue weighted by Gasteiger charge is -2.30. The Morgan fingerprint density at radius 2 is 1.84 bits per heavy atom. The Kier molecular flexibility index (Phi) is 5.53. The molecule has 1 saturated heterocycles. The van der Waals surface area contributed by atoms with Crippen LogP contribution in [0.3, 0.4) is 0 Å². The Morgan fingerprint density at radius 3 is 2.32 bits per heavy atom. The van der Waals surface area contributed by atoms with Crippen molar-refractivity contribution in [2.45, 2.75) is 84.3 Å². The number of carbonyl (C=O) groups is 2. The van der Waals surface area contributed by atoms with E-state index in [1.54, 1.807) is 0 Å². The van der Waals surface area contributed by atoms with E-state index in [0.29, 0.717) is 6.42 Å². The van der Waals surface area contributed by atoms with Crippen molar-refractivity contribution in [1.82, 2.24) is 10.2 Å². The maximum absolute atomic E-state index is 12.4. The van der Waals surface area contributed by atoms with Crippen molar-refractivity contribution < 1.29 is 9.59 Å². The van der Waals surface area contributed by atoms with Gasteiger partial charge in [-0.3, -0.25) is 14.5 Å². The quantitative estimate of drug-likeness (QED) is 0.722. The molecule has 2 amide bonds. The second-order valence-corrected chi connectivity index (χ2v) is 6.11. The number of carbonyl (C=O) groups excluding carboxylic acids is 2.